The van der Waals surface area contributed by atoms with Crippen LogP contribution in [-0.2, 0) is 0 Å². The Balaban J connectivity index is 1.72. The molecule has 0 radical (unpaired) electrons. The maximum Gasteiger partial charge on any atom is 0.300 e. The molecule has 0 saturated heterocycles. The summed E-state index contributed by atoms with van der Waals surface area (Å²) in [6, 6.07) is 14.5. The molecule has 2 heterocycles. The molecule has 4 aromatic rings. The zero-order chi connectivity index (χ0) is 22.7. The fourth-order valence-electron chi connectivity index (χ4n) is 3.14. The van der Waals surface area contributed by atoms with Crippen molar-refractivity contribution in [1.82, 2.24) is 14.6 Å². The Hall–Kier alpha value is -3.52. The molecule has 8 heteroatoms. The van der Waals surface area contributed by atoms with Crippen molar-refractivity contribution in [2.45, 2.75) is 20.3 Å². The largest absolute Gasteiger partial charge is 0.493 e. The van der Waals surface area contributed by atoms with E-state index in [2.05, 4.69) is 23.9 Å². The van der Waals surface area contributed by atoms with Gasteiger partial charge in [0.15, 0.2) is 17.2 Å². The minimum absolute atomic E-state index is 0.147. The first-order valence-corrected chi connectivity index (χ1v) is 11.1. The third-order valence-corrected chi connectivity index (χ3v) is 5.83. The van der Waals surface area contributed by atoms with Crippen LogP contribution in [0.5, 0.6) is 11.5 Å². The van der Waals surface area contributed by atoms with Crippen LogP contribution < -0.4 is 25.1 Å². The lowest BCUT2D eigenvalue weighted by atomic mass is 10.1. The second-order valence-corrected chi connectivity index (χ2v) is 8.69. The predicted molar refractivity (Wildman–Crippen MR) is 126 cm³/mol. The van der Waals surface area contributed by atoms with Crippen LogP contribution in [0.15, 0.2) is 58.1 Å². The first kappa shape index (κ1) is 21.7. The molecule has 32 heavy (non-hydrogen) atoms. The first-order chi connectivity index (χ1) is 15.5. The van der Waals surface area contributed by atoms with E-state index < -0.39 is 5.56 Å². The number of aromatic nitrogens is 3. The maximum absolute atomic E-state index is 12.9. The molecular weight excluding hydrogens is 426 g/mol. The third kappa shape index (κ3) is 4.55. The molecular formula is C24H23N3O4S. The summed E-state index contributed by atoms with van der Waals surface area (Å²) in [5.41, 5.74) is 0.745. The van der Waals surface area contributed by atoms with Crippen molar-refractivity contribution in [3.8, 4) is 22.8 Å². The average Bonchev–Trinajstić information content (AvgIpc) is 3.08. The van der Waals surface area contributed by atoms with Gasteiger partial charge in [-0.3, -0.25) is 9.59 Å². The molecule has 164 valence electrons. The second kappa shape index (κ2) is 9.32. The number of hydrogen-bond acceptors (Lipinski definition) is 7. The minimum Gasteiger partial charge on any atom is -0.493 e. The van der Waals surface area contributed by atoms with E-state index in [4.69, 9.17) is 9.47 Å². The second-order valence-electron chi connectivity index (χ2n) is 7.68. The van der Waals surface area contributed by atoms with Crippen LogP contribution in [0.2, 0.25) is 0 Å². The summed E-state index contributed by atoms with van der Waals surface area (Å²) in [6.07, 6.45) is 2.68. The smallest absolute Gasteiger partial charge is 0.300 e. The van der Waals surface area contributed by atoms with Crippen molar-refractivity contribution in [3.63, 3.8) is 0 Å². The van der Waals surface area contributed by atoms with Gasteiger partial charge >= 0.3 is 5.56 Å². The van der Waals surface area contributed by atoms with Gasteiger partial charge in [-0.05, 0) is 36.1 Å². The van der Waals surface area contributed by atoms with E-state index >= 15 is 0 Å². The van der Waals surface area contributed by atoms with Crippen LogP contribution in [0.1, 0.15) is 25.8 Å². The van der Waals surface area contributed by atoms with Crippen molar-refractivity contribution in [3.05, 3.63) is 79.3 Å². The summed E-state index contributed by atoms with van der Waals surface area (Å²) in [7, 11) is 1.58. The fraction of sp³-hybridized carbons (Fsp3) is 0.250. The van der Waals surface area contributed by atoms with Gasteiger partial charge in [-0.2, -0.15) is 14.6 Å². The summed E-state index contributed by atoms with van der Waals surface area (Å²) in [6.45, 7) is 4.89. The Bertz CT molecular complexity index is 1410. The number of ether oxygens (including phenoxy) is 2. The predicted octanol–water partition coefficient (Wildman–Crippen LogP) is 3.16. The van der Waals surface area contributed by atoms with Crippen LogP contribution in [0.25, 0.3) is 22.3 Å². The molecule has 0 atom stereocenters. The van der Waals surface area contributed by atoms with E-state index in [9.17, 15) is 9.59 Å². The number of hydrogen-bond donors (Lipinski definition) is 0. The highest BCUT2D eigenvalue weighted by molar-refractivity contribution is 7.15. The molecule has 2 aromatic carbocycles. The summed E-state index contributed by atoms with van der Waals surface area (Å²) in [5.74, 6) is 1.80. The van der Waals surface area contributed by atoms with E-state index in [1.807, 2.05) is 24.3 Å². The molecule has 0 fully saturated rings. The van der Waals surface area contributed by atoms with Crippen molar-refractivity contribution in [2.24, 2.45) is 5.92 Å². The van der Waals surface area contributed by atoms with E-state index in [1.165, 1.54) is 4.52 Å². The Labute approximate surface area is 188 Å². The highest BCUT2D eigenvalue weighted by Gasteiger charge is 2.13. The minimum atomic E-state index is -0.464. The first-order valence-electron chi connectivity index (χ1n) is 10.3. The average molecular weight is 450 g/mol. The van der Waals surface area contributed by atoms with Gasteiger partial charge in [-0.1, -0.05) is 61.6 Å². The van der Waals surface area contributed by atoms with Crippen molar-refractivity contribution in [2.75, 3.05) is 13.7 Å². The monoisotopic (exact) mass is 449 g/mol. The lowest BCUT2D eigenvalue weighted by molar-refractivity contribution is 0.273. The van der Waals surface area contributed by atoms with Gasteiger partial charge in [0.25, 0.3) is 5.56 Å². The normalized spacial score (nSPS) is 11.9. The van der Waals surface area contributed by atoms with Crippen molar-refractivity contribution >= 4 is 22.4 Å². The van der Waals surface area contributed by atoms with Gasteiger partial charge in [0.2, 0.25) is 4.96 Å². The summed E-state index contributed by atoms with van der Waals surface area (Å²) >= 11 is 1.12. The van der Waals surface area contributed by atoms with Crippen LogP contribution in [-0.4, -0.2) is 28.3 Å². The topological polar surface area (TPSA) is 82.8 Å². The molecule has 4 rings (SSSR count). The molecule has 2 aromatic heterocycles. The van der Waals surface area contributed by atoms with Crippen LogP contribution in [0.3, 0.4) is 0 Å². The standard InChI is InChI=1S/C24H23N3O4S/c1-15(2)11-12-31-18-10-9-16(13-19(18)30-3)14-20-23(29)27-24(32-20)25-22(28)21(26-27)17-7-5-4-6-8-17/h4-10,13-15H,11-12H2,1-3H3/b20-14+. The van der Waals surface area contributed by atoms with E-state index in [1.54, 1.807) is 37.5 Å². The van der Waals surface area contributed by atoms with Gasteiger partial charge in [0, 0.05) is 5.56 Å². The highest BCUT2D eigenvalue weighted by Crippen LogP contribution is 2.28. The maximum atomic E-state index is 12.9. The summed E-state index contributed by atoms with van der Waals surface area (Å²) in [5, 5.41) is 4.28. The molecule has 0 aliphatic rings. The quantitative estimate of drug-likeness (QED) is 0.431. The lowest BCUT2D eigenvalue weighted by Gasteiger charge is -2.12. The SMILES string of the molecule is COc1cc(/C=c2/sc3nc(=O)c(-c4ccccc4)nn3c2=O)ccc1OCCC(C)C. The van der Waals surface area contributed by atoms with Crippen LogP contribution >= 0.6 is 11.3 Å². The Morgan fingerprint density at radius 3 is 2.59 bits per heavy atom. The number of fused-ring (bicyclic) bond motifs is 1. The molecule has 0 spiro atoms. The fourth-order valence-corrected chi connectivity index (χ4v) is 4.04. The van der Waals surface area contributed by atoms with Gasteiger partial charge in [-0.25, -0.2) is 0 Å². The van der Waals surface area contributed by atoms with E-state index in [0.29, 0.717) is 34.1 Å². The Morgan fingerprint density at radius 1 is 1.09 bits per heavy atom. The molecule has 0 N–H and O–H groups in total. The van der Waals surface area contributed by atoms with Crippen molar-refractivity contribution in [1.29, 1.82) is 0 Å². The summed E-state index contributed by atoms with van der Waals surface area (Å²) in [4.78, 5) is 29.7. The summed E-state index contributed by atoms with van der Waals surface area (Å²) < 4.78 is 12.9. The Kier molecular flexibility index (Phi) is 6.32. The number of nitrogens with zero attached hydrogens (tertiary/aromatic N) is 3. The van der Waals surface area contributed by atoms with E-state index in [0.717, 1.165) is 23.3 Å². The number of benzene rings is 2. The molecule has 7 nitrogen and oxygen atoms in total. The number of thiazole rings is 1. The lowest BCUT2D eigenvalue weighted by Crippen LogP contribution is -2.26. The van der Waals surface area contributed by atoms with Crippen LogP contribution in [0.4, 0.5) is 0 Å². The number of methoxy groups -OCH3 is 1. The van der Waals surface area contributed by atoms with Gasteiger partial charge in [0.1, 0.15) is 0 Å². The van der Waals surface area contributed by atoms with E-state index in [-0.39, 0.29) is 16.2 Å². The number of rotatable bonds is 7. The molecule has 0 aliphatic heterocycles. The molecule has 0 aliphatic carbocycles. The Morgan fingerprint density at radius 2 is 1.88 bits per heavy atom. The zero-order valence-corrected chi connectivity index (χ0v) is 18.9. The highest BCUT2D eigenvalue weighted by atomic mass is 32.1. The van der Waals surface area contributed by atoms with Gasteiger partial charge in [-0.15, -0.1) is 0 Å². The molecule has 0 unspecified atom stereocenters. The zero-order valence-electron chi connectivity index (χ0n) is 18.1. The van der Waals surface area contributed by atoms with Gasteiger partial charge < -0.3 is 9.47 Å². The van der Waals surface area contributed by atoms with Crippen LogP contribution in [0, 0.1) is 5.92 Å². The molecule has 0 saturated carbocycles. The molecule has 0 amide bonds. The van der Waals surface area contributed by atoms with Gasteiger partial charge in [0.05, 0.1) is 18.2 Å². The third-order valence-electron chi connectivity index (χ3n) is 4.87. The van der Waals surface area contributed by atoms with Crippen molar-refractivity contribution < 1.29 is 9.47 Å². The molecule has 0 bridgehead atoms.